The summed E-state index contributed by atoms with van der Waals surface area (Å²) in [5.41, 5.74) is 4.78. The minimum atomic E-state index is -0.391. The van der Waals surface area contributed by atoms with E-state index in [1.165, 1.54) is 28.8 Å². The van der Waals surface area contributed by atoms with Crippen molar-refractivity contribution in [1.82, 2.24) is 0 Å². The number of fused-ring (bicyclic) bond motifs is 1. The standard InChI is InChI=1S/C17H15FN2O/c1-11-7-12-5-6-16(9-13(12)8-11)20-17(21)19-15-4-2-3-14(18)10-15/h2-6,9-10H,1,7-8H2,(H2,19,20,21). The van der Waals surface area contributed by atoms with Crippen LogP contribution in [0.15, 0.2) is 54.6 Å². The van der Waals surface area contributed by atoms with Crippen LogP contribution in [-0.2, 0) is 12.8 Å². The van der Waals surface area contributed by atoms with Crippen molar-refractivity contribution in [3.05, 3.63) is 71.6 Å². The molecule has 0 spiro atoms. The summed E-state index contributed by atoms with van der Waals surface area (Å²) in [5.74, 6) is -0.385. The van der Waals surface area contributed by atoms with Gasteiger partial charge in [0.25, 0.3) is 0 Å². The fourth-order valence-electron chi connectivity index (χ4n) is 2.50. The van der Waals surface area contributed by atoms with Crippen LogP contribution in [-0.4, -0.2) is 6.03 Å². The number of halogens is 1. The molecule has 3 rings (SSSR count). The highest BCUT2D eigenvalue weighted by molar-refractivity contribution is 5.99. The van der Waals surface area contributed by atoms with Gasteiger partial charge in [-0.15, -0.1) is 0 Å². The molecule has 4 heteroatoms. The Kier molecular flexibility index (Phi) is 3.44. The average molecular weight is 282 g/mol. The van der Waals surface area contributed by atoms with Gasteiger partial charge in [-0.1, -0.05) is 24.3 Å². The second kappa shape index (κ2) is 5.40. The number of hydrogen-bond acceptors (Lipinski definition) is 1. The van der Waals surface area contributed by atoms with Crippen LogP contribution in [0, 0.1) is 5.82 Å². The Balaban J connectivity index is 1.68. The molecule has 2 aromatic rings. The summed E-state index contributed by atoms with van der Waals surface area (Å²) >= 11 is 0. The second-order valence-electron chi connectivity index (χ2n) is 5.18. The quantitative estimate of drug-likeness (QED) is 0.799. The monoisotopic (exact) mass is 282 g/mol. The number of allylic oxidation sites excluding steroid dienone is 1. The molecule has 1 aliphatic rings. The maximum atomic E-state index is 13.1. The molecule has 0 heterocycles. The fraction of sp³-hybridized carbons (Fsp3) is 0.118. The highest BCUT2D eigenvalue weighted by Crippen LogP contribution is 2.27. The topological polar surface area (TPSA) is 41.1 Å². The molecular formula is C17H15FN2O. The van der Waals surface area contributed by atoms with Gasteiger partial charge in [-0.05, 0) is 54.3 Å². The number of nitrogens with one attached hydrogen (secondary N) is 2. The van der Waals surface area contributed by atoms with Crippen molar-refractivity contribution in [2.45, 2.75) is 12.8 Å². The van der Waals surface area contributed by atoms with Crippen molar-refractivity contribution in [2.75, 3.05) is 10.6 Å². The van der Waals surface area contributed by atoms with Crippen molar-refractivity contribution >= 4 is 17.4 Å². The maximum absolute atomic E-state index is 13.1. The molecule has 0 aromatic heterocycles. The van der Waals surface area contributed by atoms with Crippen LogP contribution in [0.2, 0.25) is 0 Å². The molecule has 2 N–H and O–H groups in total. The van der Waals surface area contributed by atoms with E-state index in [0.717, 1.165) is 18.5 Å². The summed E-state index contributed by atoms with van der Waals surface area (Å²) in [5, 5.41) is 5.35. The predicted octanol–water partition coefficient (Wildman–Crippen LogP) is 4.12. The van der Waals surface area contributed by atoms with Crippen LogP contribution in [0.1, 0.15) is 11.1 Å². The van der Waals surface area contributed by atoms with E-state index < -0.39 is 6.03 Å². The molecule has 0 radical (unpaired) electrons. The van der Waals surface area contributed by atoms with Gasteiger partial charge in [-0.25, -0.2) is 9.18 Å². The Morgan fingerprint density at radius 1 is 1.00 bits per heavy atom. The first-order valence-electron chi connectivity index (χ1n) is 6.72. The van der Waals surface area contributed by atoms with Crippen molar-refractivity contribution in [3.8, 4) is 0 Å². The third-order valence-corrected chi connectivity index (χ3v) is 3.43. The van der Waals surface area contributed by atoms with E-state index in [1.807, 2.05) is 18.2 Å². The van der Waals surface area contributed by atoms with Crippen LogP contribution >= 0.6 is 0 Å². The van der Waals surface area contributed by atoms with Gasteiger partial charge in [-0.2, -0.15) is 0 Å². The van der Waals surface area contributed by atoms with E-state index in [2.05, 4.69) is 17.2 Å². The molecule has 0 fully saturated rings. The molecule has 0 atom stereocenters. The number of hydrogen-bond donors (Lipinski definition) is 2. The zero-order valence-corrected chi connectivity index (χ0v) is 11.4. The molecule has 1 aliphatic carbocycles. The molecule has 106 valence electrons. The molecule has 0 saturated heterocycles. The lowest BCUT2D eigenvalue weighted by molar-refractivity contribution is 0.262. The molecule has 21 heavy (non-hydrogen) atoms. The highest BCUT2D eigenvalue weighted by Gasteiger charge is 2.14. The van der Waals surface area contributed by atoms with Crippen LogP contribution in [0.25, 0.3) is 0 Å². The minimum absolute atomic E-state index is 0.385. The van der Waals surface area contributed by atoms with Crippen molar-refractivity contribution in [2.24, 2.45) is 0 Å². The first kappa shape index (κ1) is 13.4. The average Bonchev–Trinajstić information content (AvgIpc) is 2.78. The Bertz CT molecular complexity index is 724. The fourth-order valence-corrected chi connectivity index (χ4v) is 2.50. The van der Waals surface area contributed by atoms with Gasteiger partial charge in [0.2, 0.25) is 0 Å². The molecule has 0 aliphatic heterocycles. The Labute approximate surface area is 122 Å². The molecular weight excluding hydrogens is 267 g/mol. The molecule has 0 saturated carbocycles. The lowest BCUT2D eigenvalue weighted by Gasteiger charge is -2.09. The van der Waals surface area contributed by atoms with Gasteiger partial charge in [0.1, 0.15) is 5.82 Å². The SMILES string of the molecule is C=C1Cc2ccc(NC(=O)Nc3cccc(F)c3)cc2C1. The van der Waals surface area contributed by atoms with Crippen LogP contribution in [0.3, 0.4) is 0 Å². The number of amides is 2. The maximum Gasteiger partial charge on any atom is 0.323 e. The zero-order chi connectivity index (χ0) is 14.8. The van der Waals surface area contributed by atoms with E-state index in [1.54, 1.807) is 12.1 Å². The van der Waals surface area contributed by atoms with Crippen LogP contribution in [0.4, 0.5) is 20.6 Å². The summed E-state index contributed by atoms with van der Waals surface area (Å²) in [7, 11) is 0. The molecule has 2 amide bonds. The Morgan fingerprint density at radius 2 is 1.71 bits per heavy atom. The van der Waals surface area contributed by atoms with Gasteiger partial charge in [0.05, 0.1) is 0 Å². The molecule has 2 aromatic carbocycles. The number of carbonyl (C=O) groups is 1. The number of anilines is 2. The number of carbonyl (C=O) groups excluding carboxylic acids is 1. The van der Waals surface area contributed by atoms with E-state index in [4.69, 9.17) is 0 Å². The summed E-state index contributed by atoms with van der Waals surface area (Å²) in [6.07, 6.45) is 1.77. The largest absolute Gasteiger partial charge is 0.323 e. The third-order valence-electron chi connectivity index (χ3n) is 3.43. The van der Waals surface area contributed by atoms with Gasteiger partial charge in [0, 0.05) is 11.4 Å². The number of benzene rings is 2. The summed E-state index contributed by atoms with van der Waals surface area (Å²) < 4.78 is 13.1. The molecule has 0 bridgehead atoms. The first-order chi connectivity index (χ1) is 10.1. The molecule has 0 unspecified atom stereocenters. The van der Waals surface area contributed by atoms with E-state index in [9.17, 15) is 9.18 Å². The first-order valence-corrected chi connectivity index (χ1v) is 6.72. The van der Waals surface area contributed by atoms with E-state index in [0.29, 0.717) is 5.69 Å². The van der Waals surface area contributed by atoms with E-state index in [-0.39, 0.29) is 5.82 Å². The van der Waals surface area contributed by atoms with Gasteiger partial charge in [-0.3, -0.25) is 0 Å². The summed E-state index contributed by atoms with van der Waals surface area (Å²) in [4.78, 5) is 11.9. The Hall–Kier alpha value is -2.62. The summed E-state index contributed by atoms with van der Waals surface area (Å²) in [6.45, 7) is 3.99. The van der Waals surface area contributed by atoms with Gasteiger partial charge >= 0.3 is 6.03 Å². The molecule has 3 nitrogen and oxygen atoms in total. The lowest BCUT2D eigenvalue weighted by Crippen LogP contribution is -2.19. The second-order valence-corrected chi connectivity index (χ2v) is 5.18. The highest BCUT2D eigenvalue weighted by atomic mass is 19.1. The van der Waals surface area contributed by atoms with Crippen molar-refractivity contribution < 1.29 is 9.18 Å². The third kappa shape index (κ3) is 3.11. The minimum Gasteiger partial charge on any atom is -0.308 e. The van der Waals surface area contributed by atoms with E-state index >= 15 is 0 Å². The number of rotatable bonds is 2. The van der Waals surface area contributed by atoms with Gasteiger partial charge in [0.15, 0.2) is 0 Å². The summed E-state index contributed by atoms with van der Waals surface area (Å²) in [6, 6.07) is 11.2. The van der Waals surface area contributed by atoms with Crippen LogP contribution in [0.5, 0.6) is 0 Å². The van der Waals surface area contributed by atoms with Crippen molar-refractivity contribution in [3.63, 3.8) is 0 Å². The normalized spacial score (nSPS) is 12.9. The zero-order valence-electron chi connectivity index (χ0n) is 11.4. The van der Waals surface area contributed by atoms with Crippen LogP contribution < -0.4 is 10.6 Å². The number of urea groups is 1. The predicted molar refractivity (Wildman–Crippen MR) is 82.0 cm³/mol. The Morgan fingerprint density at radius 3 is 2.48 bits per heavy atom. The van der Waals surface area contributed by atoms with Gasteiger partial charge < -0.3 is 10.6 Å². The van der Waals surface area contributed by atoms with Crippen molar-refractivity contribution in [1.29, 1.82) is 0 Å². The smallest absolute Gasteiger partial charge is 0.308 e. The lowest BCUT2D eigenvalue weighted by atomic mass is 10.1.